The predicted molar refractivity (Wildman–Crippen MR) is 161 cm³/mol. The molecule has 3 aromatic rings. The highest BCUT2D eigenvalue weighted by atomic mass is 35.5. The molecule has 1 unspecified atom stereocenters. The van der Waals surface area contributed by atoms with E-state index >= 15 is 0 Å². The second kappa shape index (κ2) is 12.3. The zero-order valence-electron chi connectivity index (χ0n) is 23.5. The highest BCUT2D eigenvalue weighted by molar-refractivity contribution is 7.93. The van der Waals surface area contributed by atoms with Gasteiger partial charge in [0.25, 0.3) is 10.0 Å². The summed E-state index contributed by atoms with van der Waals surface area (Å²) in [6, 6.07) is 12.6. The minimum atomic E-state index is -4.75. The van der Waals surface area contributed by atoms with Crippen LogP contribution in [-0.4, -0.2) is 65.5 Å². The van der Waals surface area contributed by atoms with Crippen molar-refractivity contribution in [3.63, 3.8) is 0 Å². The molecule has 44 heavy (non-hydrogen) atoms. The van der Waals surface area contributed by atoms with Crippen molar-refractivity contribution in [2.24, 2.45) is 0 Å². The van der Waals surface area contributed by atoms with Crippen molar-refractivity contribution in [2.45, 2.75) is 30.5 Å². The van der Waals surface area contributed by atoms with Crippen LogP contribution in [0, 0.1) is 5.82 Å². The lowest BCUT2D eigenvalue weighted by molar-refractivity contribution is -0.137. The Morgan fingerprint density at radius 2 is 1.77 bits per heavy atom. The second-order valence-electron chi connectivity index (χ2n) is 10.7. The molecule has 0 aliphatic carbocycles. The van der Waals surface area contributed by atoms with Crippen molar-refractivity contribution in [3.8, 4) is 5.75 Å². The Kier molecular flexibility index (Phi) is 9.05. The molecule has 236 valence electrons. The summed E-state index contributed by atoms with van der Waals surface area (Å²) in [6.07, 6.45) is -3.44. The molecular formula is C30H29ClF4N2O5S2. The van der Waals surface area contributed by atoms with Crippen LogP contribution in [0.25, 0.3) is 11.6 Å². The first-order valence-corrected chi connectivity index (χ1v) is 17.3. The molecule has 1 atom stereocenters. The molecule has 14 heteroatoms. The van der Waals surface area contributed by atoms with Gasteiger partial charge in [-0.05, 0) is 66.9 Å². The largest absolute Gasteiger partial charge is 0.486 e. The summed E-state index contributed by atoms with van der Waals surface area (Å²) in [5.74, 6) is -0.261. The average molecular weight is 673 g/mol. The summed E-state index contributed by atoms with van der Waals surface area (Å²) in [5, 5.41) is 0.197. The summed E-state index contributed by atoms with van der Waals surface area (Å²) in [6.45, 7) is 2.59. The van der Waals surface area contributed by atoms with E-state index in [4.69, 9.17) is 16.3 Å². The van der Waals surface area contributed by atoms with Crippen LogP contribution in [0.2, 0.25) is 5.02 Å². The van der Waals surface area contributed by atoms with Crippen LogP contribution in [-0.2, 0) is 26.0 Å². The molecule has 0 radical (unpaired) electrons. The molecule has 1 saturated heterocycles. The molecule has 2 aliphatic rings. The third-order valence-electron chi connectivity index (χ3n) is 7.61. The number of ether oxygens (including phenoxy) is 1. The van der Waals surface area contributed by atoms with Crippen molar-refractivity contribution in [3.05, 3.63) is 88.2 Å². The third-order valence-corrected chi connectivity index (χ3v) is 11.3. The Hall–Kier alpha value is -3.13. The van der Waals surface area contributed by atoms with Crippen LogP contribution < -0.4 is 9.04 Å². The lowest BCUT2D eigenvalue weighted by atomic mass is 10.0. The number of rotatable bonds is 7. The van der Waals surface area contributed by atoms with Crippen LogP contribution in [0.4, 0.5) is 23.2 Å². The van der Waals surface area contributed by atoms with Gasteiger partial charge in [0.05, 0.1) is 39.2 Å². The Labute approximate surface area is 258 Å². The SMILES string of the molecule is CC(=Cc1ccc2c(c1)N(S(=O)(=O)c1cccc(C(F)(F)F)c1)CC(CCN1CCS(=O)(=O)CC1)O2)c1c(F)cccc1Cl. The molecule has 5 rings (SSSR count). The first-order chi connectivity index (χ1) is 20.6. The summed E-state index contributed by atoms with van der Waals surface area (Å²) < 4.78 is 114. The average Bonchev–Trinajstić information content (AvgIpc) is 2.96. The Bertz CT molecular complexity index is 1780. The summed E-state index contributed by atoms with van der Waals surface area (Å²) in [5.41, 5.74) is 0.156. The van der Waals surface area contributed by atoms with Gasteiger partial charge in [0.15, 0.2) is 9.84 Å². The van der Waals surface area contributed by atoms with Gasteiger partial charge in [0.1, 0.15) is 17.7 Å². The van der Waals surface area contributed by atoms with Crippen molar-refractivity contribution in [1.29, 1.82) is 0 Å². The molecular weight excluding hydrogens is 644 g/mol. The first-order valence-electron chi connectivity index (χ1n) is 13.7. The molecule has 0 spiro atoms. The lowest BCUT2D eigenvalue weighted by Gasteiger charge is -2.37. The Morgan fingerprint density at radius 1 is 1.07 bits per heavy atom. The molecule has 2 heterocycles. The van der Waals surface area contributed by atoms with Crippen LogP contribution in [0.1, 0.15) is 30.0 Å². The Morgan fingerprint density at radius 3 is 2.45 bits per heavy atom. The fourth-order valence-electron chi connectivity index (χ4n) is 5.25. The number of fused-ring (bicyclic) bond motifs is 1. The number of allylic oxidation sites excluding steroid dienone is 1. The van der Waals surface area contributed by atoms with E-state index in [1.54, 1.807) is 31.2 Å². The maximum atomic E-state index is 14.5. The van der Waals surface area contributed by atoms with Gasteiger partial charge in [-0.25, -0.2) is 21.2 Å². The highest BCUT2D eigenvalue weighted by Gasteiger charge is 2.37. The van der Waals surface area contributed by atoms with Crippen LogP contribution in [0.5, 0.6) is 5.75 Å². The third kappa shape index (κ3) is 7.06. The fraction of sp³-hybridized carbons (Fsp3) is 0.333. The van der Waals surface area contributed by atoms with Gasteiger partial charge in [-0.2, -0.15) is 13.2 Å². The van der Waals surface area contributed by atoms with Crippen LogP contribution in [0.3, 0.4) is 0 Å². The predicted octanol–water partition coefficient (Wildman–Crippen LogP) is 6.14. The van der Waals surface area contributed by atoms with Gasteiger partial charge in [-0.3, -0.25) is 4.31 Å². The van der Waals surface area contributed by atoms with E-state index in [2.05, 4.69) is 0 Å². The zero-order valence-corrected chi connectivity index (χ0v) is 25.9. The Balaban J connectivity index is 1.50. The molecule has 0 amide bonds. The number of alkyl halides is 3. The van der Waals surface area contributed by atoms with Crippen molar-refractivity contribution >= 4 is 48.8 Å². The quantitative estimate of drug-likeness (QED) is 0.222. The number of hydrogen-bond donors (Lipinski definition) is 0. The molecule has 1 fully saturated rings. The van der Waals surface area contributed by atoms with Gasteiger partial charge in [0.2, 0.25) is 0 Å². The van der Waals surface area contributed by atoms with E-state index in [1.807, 2.05) is 4.90 Å². The van der Waals surface area contributed by atoms with E-state index in [0.29, 0.717) is 43.3 Å². The van der Waals surface area contributed by atoms with E-state index in [1.165, 1.54) is 18.2 Å². The number of nitrogens with zero attached hydrogens (tertiary/aromatic N) is 2. The van der Waals surface area contributed by atoms with Gasteiger partial charge in [-0.15, -0.1) is 0 Å². The normalized spacial score (nSPS) is 19.4. The highest BCUT2D eigenvalue weighted by Crippen LogP contribution is 2.40. The number of hydrogen-bond acceptors (Lipinski definition) is 6. The zero-order chi connectivity index (χ0) is 31.9. The van der Waals surface area contributed by atoms with Crippen molar-refractivity contribution in [1.82, 2.24) is 4.90 Å². The van der Waals surface area contributed by atoms with E-state index in [0.717, 1.165) is 22.5 Å². The van der Waals surface area contributed by atoms with E-state index < -0.39 is 48.4 Å². The lowest BCUT2D eigenvalue weighted by Crippen LogP contribution is -2.46. The number of benzene rings is 3. The molecule has 0 aromatic heterocycles. The van der Waals surface area contributed by atoms with Crippen molar-refractivity contribution in [2.75, 3.05) is 42.0 Å². The van der Waals surface area contributed by atoms with Gasteiger partial charge in [0, 0.05) is 25.2 Å². The number of halogens is 5. The topological polar surface area (TPSA) is 84.0 Å². The number of anilines is 1. The van der Waals surface area contributed by atoms with Crippen LogP contribution >= 0.6 is 11.6 Å². The number of sulfonamides is 1. The van der Waals surface area contributed by atoms with Gasteiger partial charge >= 0.3 is 6.18 Å². The first kappa shape index (κ1) is 32.3. The minimum Gasteiger partial charge on any atom is -0.486 e. The van der Waals surface area contributed by atoms with Gasteiger partial charge < -0.3 is 9.64 Å². The molecule has 0 N–H and O–H groups in total. The monoisotopic (exact) mass is 672 g/mol. The fourth-order valence-corrected chi connectivity index (χ4v) is 8.39. The molecule has 0 saturated carbocycles. The van der Waals surface area contributed by atoms with Crippen molar-refractivity contribution < 1.29 is 39.1 Å². The van der Waals surface area contributed by atoms with E-state index in [-0.39, 0.29) is 40.1 Å². The maximum Gasteiger partial charge on any atom is 0.416 e. The molecule has 2 aliphatic heterocycles. The second-order valence-corrected chi connectivity index (χ2v) is 15.3. The van der Waals surface area contributed by atoms with Crippen LogP contribution in [0.15, 0.2) is 65.6 Å². The maximum absolute atomic E-state index is 14.5. The summed E-state index contributed by atoms with van der Waals surface area (Å²) >= 11 is 6.22. The van der Waals surface area contributed by atoms with E-state index in [9.17, 15) is 34.4 Å². The summed E-state index contributed by atoms with van der Waals surface area (Å²) in [7, 11) is -7.58. The summed E-state index contributed by atoms with van der Waals surface area (Å²) in [4.78, 5) is 1.42. The molecule has 7 nitrogen and oxygen atoms in total. The van der Waals surface area contributed by atoms with Gasteiger partial charge in [-0.1, -0.05) is 35.9 Å². The molecule has 3 aromatic carbocycles. The standard InChI is InChI=1S/C30H29ClF4N2O5S2/c1-20(29-25(31)6-3-7-26(29)32)16-21-8-9-28-27(17-21)37(44(40,41)24-5-2-4-22(18-24)30(33,34)35)19-23(42-28)10-11-36-12-14-43(38,39)15-13-36/h2-9,16-18,23H,10-15,19H2,1H3. The minimum absolute atomic E-state index is 0.0329. The number of sulfone groups is 1. The smallest absolute Gasteiger partial charge is 0.416 e. The molecule has 0 bridgehead atoms.